The minimum Gasteiger partial charge on any atom is -0.493 e. The Hall–Kier alpha value is -2.73. The van der Waals surface area contributed by atoms with Crippen LogP contribution in [0.2, 0.25) is 5.02 Å². The largest absolute Gasteiger partial charge is 0.493 e. The molecule has 1 amide bonds. The van der Waals surface area contributed by atoms with E-state index in [1.54, 1.807) is 26.4 Å². The number of ether oxygens (including phenoxy) is 3. The van der Waals surface area contributed by atoms with Gasteiger partial charge in [-0.3, -0.25) is 4.79 Å². The third kappa shape index (κ3) is 6.18. The van der Waals surface area contributed by atoms with Crippen molar-refractivity contribution in [2.24, 2.45) is 5.10 Å². The number of amides is 1. The average Bonchev–Trinajstić information content (AvgIpc) is 2.66. The van der Waals surface area contributed by atoms with E-state index < -0.39 is 0 Å². The predicted octanol–water partition coefficient (Wildman–Crippen LogP) is 3.97. The lowest BCUT2D eigenvalue weighted by molar-refractivity contribution is -0.121. The summed E-state index contributed by atoms with van der Waals surface area (Å²) in [4.78, 5) is 11.9. The van der Waals surface area contributed by atoms with E-state index in [0.717, 1.165) is 11.3 Å². The Bertz CT molecular complexity index is 809. The molecule has 0 saturated carbocycles. The maximum atomic E-state index is 11.9. The van der Waals surface area contributed by atoms with Crippen LogP contribution in [0.1, 0.15) is 24.0 Å². The zero-order chi connectivity index (χ0) is 19.6. The van der Waals surface area contributed by atoms with Crippen molar-refractivity contribution >= 4 is 23.7 Å². The van der Waals surface area contributed by atoms with Gasteiger partial charge in [0.2, 0.25) is 5.91 Å². The highest BCUT2D eigenvalue weighted by Gasteiger charge is 2.07. The first-order chi connectivity index (χ1) is 13.0. The Balaban J connectivity index is 1.77. The van der Waals surface area contributed by atoms with Crippen LogP contribution < -0.4 is 19.6 Å². The molecule has 0 fully saturated rings. The number of halogens is 1. The maximum absolute atomic E-state index is 11.9. The predicted molar refractivity (Wildman–Crippen MR) is 106 cm³/mol. The quantitative estimate of drug-likeness (QED) is 0.399. The Morgan fingerprint density at radius 2 is 2.00 bits per heavy atom. The molecule has 2 aromatic rings. The highest BCUT2D eigenvalue weighted by Crippen LogP contribution is 2.29. The lowest BCUT2D eigenvalue weighted by atomic mass is 10.2. The van der Waals surface area contributed by atoms with Gasteiger partial charge in [0.15, 0.2) is 11.5 Å². The van der Waals surface area contributed by atoms with Crippen molar-refractivity contribution in [2.75, 3.05) is 20.8 Å². The van der Waals surface area contributed by atoms with E-state index in [-0.39, 0.29) is 5.91 Å². The Morgan fingerprint density at radius 1 is 1.19 bits per heavy atom. The first-order valence-electron chi connectivity index (χ1n) is 8.47. The van der Waals surface area contributed by atoms with Gasteiger partial charge in [0, 0.05) is 17.0 Å². The van der Waals surface area contributed by atoms with Gasteiger partial charge in [-0.1, -0.05) is 17.7 Å². The topological polar surface area (TPSA) is 69.2 Å². The SMILES string of the molecule is COc1cccc(/C=N/NC(=O)CCCOc2ccc(Cl)cc2C)c1OC. The summed E-state index contributed by atoms with van der Waals surface area (Å²) in [6.07, 6.45) is 2.40. The van der Waals surface area contributed by atoms with E-state index >= 15 is 0 Å². The molecule has 0 bridgehead atoms. The van der Waals surface area contributed by atoms with E-state index in [2.05, 4.69) is 10.5 Å². The van der Waals surface area contributed by atoms with E-state index in [1.165, 1.54) is 6.21 Å². The van der Waals surface area contributed by atoms with Crippen molar-refractivity contribution in [3.05, 3.63) is 52.5 Å². The van der Waals surface area contributed by atoms with Gasteiger partial charge >= 0.3 is 0 Å². The number of methoxy groups -OCH3 is 2. The molecule has 0 aliphatic rings. The summed E-state index contributed by atoms with van der Waals surface area (Å²) in [6.45, 7) is 2.36. The van der Waals surface area contributed by atoms with Crippen LogP contribution in [-0.4, -0.2) is 32.9 Å². The van der Waals surface area contributed by atoms with Gasteiger partial charge in [-0.15, -0.1) is 0 Å². The molecule has 0 radical (unpaired) electrons. The molecule has 6 nitrogen and oxygen atoms in total. The Morgan fingerprint density at radius 3 is 2.70 bits per heavy atom. The molecule has 0 spiro atoms. The number of hydrogen-bond acceptors (Lipinski definition) is 5. The summed E-state index contributed by atoms with van der Waals surface area (Å²) in [5, 5.41) is 4.64. The van der Waals surface area contributed by atoms with Crippen LogP contribution in [0.25, 0.3) is 0 Å². The number of hydrogen-bond donors (Lipinski definition) is 1. The van der Waals surface area contributed by atoms with Gasteiger partial charge in [-0.05, 0) is 49.2 Å². The molecule has 2 aromatic carbocycles. The zero-order valence-corrected chi connectivity index (χ0v) is 16.4. The summed E-state index contributed by atoms with van der Waals surface area (Å²) >= 11 is 5.91. The lowest BCUT2D eigenvalue weighted by Crippen LogP contribution is -2.18. The molecule has 0 unspecified atom stereocenters. The van der Waals surface area contributed by atoms with E-state index in [0.29, 0.717) is 41.5 Å². The van der Waals surface area contributed by atoms with Crippen LogP contribution in [0.4, 0.5) is 0 Å². The molecule has 0 aliphatic carbocycles. The molecule has 0 atom stereocenters. The number of aryl methyl sites for hydroxylation is 1. The molecule has 0 aliphatic heterocycles. The Labute approximate surface area is 164 Å². The number of carbonyl (C=O) groups excluding carboxylic acids is 1. The molecule has 0 aromatic heterocycles. The second-order valence-corrected chi connectivity index (χ2v) is 6.17. The number of nitrogens with one attached hydrogen (secondary N) is 1. The second-order valence-electron chi connectivity index (χ2n) is 5.74. The standard InChI is InChI=1S/C20H23ClN2O4/c1-14-12-16(21)9-10-17(14)27-11-5-8-19(24)23-22-13-15-6-4-7-18(25-2)20(15)26-3/h4,6-7,9-10,12-13H,5,8,11H2,1-3H3,(H,23,24)/b22-13+. The average molecular weight is 391 g/mol. The molecular formula is C20H23ClN2O4. The van der Waals surface area contributed by atoms with Crippen molar-refractivity contribution < 1.29 is 19.0 Å². The van der Waals surface area contributed by atoms with Gasteiger partial charge in [0.1, 0.15) is 5.75 Å². The van der Waals surface area contributed by atoms with Gasteiger partial charge in [0.05, 0.1) is 27.0 Å². The van der Waals surface area contributed by atoms with Crippen LogP contribution in [0.3, 0.4) is 0 Å². The fourth-order valence-corrected chi connectivity index (χ4v) is 2.66. The maximum Gasteiger partial charge on any atom is 0.240 e. The minimum absolute atomic E-state index is 0.190. The zero-order valence-electron chi connectivity index (χ0n) is 15.6. The summed E-state index contributed by atoms with van der Waals surface area (Å²) in [5.41, 5.74) is 4.17. The summed E-state index contributed by atoms with van der Waals surface area (Å²) in [5.74, 6) is 1.74. The summed E-state index contributed by atoms with van der Waals surface area (Å²) in [7, 11) is 3.12. The molecule has 2 rings (SSSR count). The minimum atomic E-state index is -0.190. The first-order valence-corrected chi connectivity index (χ1v) is 8.84. The molecule has 0 heterocycles. The van der Waals surface area contributed by atoms with Gasteiger partial charge in [0.25, 0.3) is 0 Å². The van der Waals surface area contributed by atoms with E-state index in [1.807, 2.05) is 31.2 Å². The summed E-state index contributed by atoms with van der Waals surface area (Å²) in [6, 6.07) is 10.9. The third-order valence-corrected chi connectivity index (χ3v) is 4.00. The van der Waals surface area contributed by atoms with Crippen molar-refractivity contribution in [3.8, 4) is 17.2 Å². The first kappa shape index (κ1) is 20.6. The van der Waals surface area contributed by atoms with Crippen LogP contribution in [0.15, 0.2) is 41.5 Å². The second kappa shape index (κ2) is 10.4. The van der Waals surface area contributed by atoms with Gasteiger partial charge < -0.3 is 14.2 Å². The molecule has 27 heavy (non-hydrogen) atoms. The molecule has 7 heteroatoms. The highest BCUT2D eigenvalue weighted by atomic mass is 35.5. The molecule has 144 valence electrons. The van der Waals surface area contributed by atoms with Crippen LogP contribution in [0.5, 0.6) is 17.2 Å². The Kier molecular flexibility index (Phi) is 7.95. The number of benzene rings is 2. The number of carbonyl (C=O) groups is 1. The fourth-order valence-electron chi connectivity index (χ4n) is 2.43. The van der Waals surface area contributed by atoms with Gasteiger partial charge in [-0.2, -0.15) is 5.10 Å². The van der Waals surface area contributed by atoms with Crippen molar-refractivity contribution in [3.63, 3.8) is 0 Å². The molecular weight excluding hydrogens is 368 g/mol. The summed E-state index contributed by atoms with van der Waals surface area (Å²) < 4.78 is 16.2. The van der Waals surface area contributed by atoms with Crippen molar-refractivity contribution in [1.29, 1.82) is 0 Å². The lowest BCUT2D eigenvalue weighted by Gasteiger charge is -2.09. The number of nitrogens with zero attached hydrogens (tertiary/aromatic N) is 1. The smallest absolute Gasteiger partial charge is 0.240 e. The monoisotopic (exact) mass is 390 g/mol. The fraction of sp³-hybridized carbons (Fsp3) is 0.300. The van der Waals surface area contributed by atoms with Crippen LogP contribution >= 0.6 is 11.6 Å². The van der Waals surface area contributed by atoms with Crippen molar-refractivity contribution in [2.45, 2.75) is 19.8 Å². The highest BCUT2D eigenvalue weighted by molar-refractivity contribution is 6.30. The third-order valence-electron chi connectivity index (χ3n) is 3.77. The van der Waals surface area contributed by atoms with E-state index in [9.17, 15) is 4.79 Å². The molecule has 0 saturated heterocycles. The molecule has 1 N–H and O–H groups in total. The van der Waals surface area contributed by atoms with Crippen molar-refractivity contribution in [1.82, 2.24) is 5.43 Å². The normalized spacial score (nSPS) is 10.7. The number of para-hydroxylation sites is 1. The number of rotatable bonds is 9. The van der Waals surface area contributed by atoms with E-state index in [4.69, 9.17) is 25.8 Å². The van der Waals surface area contributed by atoms with Crippen LogP contribution in [-0.2, 0) is 4.79 Å². The number of hydrazone groups is 1. The van der Waals surface area contributed by atoms with Gasteiger partial charge in [-0.25, -0.2) is 5.43 Å². The van der Waals surface area contributed by atoms with Crippen LogP contribution in [0, 0.1) is 6.92 Å².